The van der Waals surface area contributed by atoms with E-state index >= 15 is 0 Å². The largest absolute Gasteiger partial charge is 0.350 e. The molecule has 0 radical (unpaired) electrons. The Morgan fingerprint density at radius 3 is 2.63 bits per heavy atom. The predicted octanol–water partition coefficient (Wildman–Crippen LogP) is 1.23. The molecule has 0 fully saturated rings. The number of rotatable bonds is 6. The molecule has 1 atom stereocenters. The van der Waals surface area contributed by atoms with Crippen LogP contribution >= 0.6 is 27.3 Å². The Bertz CT molecular complexity index is 448. The fraction of sp³-hybridized carbons (Fsp3) is 0.500. The topological polar surface area (TPSA) is 84.2 Å². The molecule has 0 saturated carbocycles. The van der Waals surface area contributed by atoms with Crippen LogP contribution in [0.3, 0.4) is 0 Å². The van der Waals surface area contributed by atoms with E-state index in [2.05, 4.69) is 26.6 Å². The van der Waals surface area contributed by atoms with Crippen molar-refractivity contribution in [3.05, 3.63) is 20.8 Å². The van der Waals surface area contributed by atoms with E-state index in [0.717, 1.165) is 9.35 Å². The van der Waals surface area contributed by atoms with Crippen molar-refractivity contribution in [1.29, 1.82) is 0 Å². The van der Waals surface area contributed by atoms with Gasteiger partial charge in [-0.2, -0.15) is 0 Å². The maximum atomic E-state index is 11.5. The number of carbonyl (C=O) groups is 2. The number of amides is 2. The highest BCUT2D eigenvalue weighted by molar-refractivity contribution is 9.11. The van der Waals surface area contributed by atoms with Crippen LogP contribution in [0.15, 0.2) is 15.2 Å². The molecule has 1 rings (SSSR count). The van der Waals surface area contributed by atoms with Gasteiger partial charge in [0.05, 0.1) is 16.4 Å². The van der Waals surface area contributed by atoms with Crippen LogP contribution in [0.25, 0.3) is 0 Å². The van der Waals surface area contributed by atoms with Gasteiger partial charge in [0.1, 0.15) is 0 Å². The molecule has 0 aromatic carbocycles. The lowest BCUT2D eigenvalue weighted by Gasteiger charge is -2.15. The van der Waals surface area contributed by atoms with Crippen molar-refractivity contribution in [2.45, 2.75) is 26.4 Å². The average Bonchev–Trinajstić information content (AvgIpc) is 2.78. The van der Waals surface area contributed by atoms with Crippen LogP contribution < -0.4 is 16.4 Å². The summed E-state index contributed by atoms with van der Waals surface area (Å²) < 4.78 is 1.02. The lowest BCUT2D eigenvalue weighted by molar-refractivity contribution is -0.127. The molecule has 19 heavy (non-hydrogen) atoms. The number of carbonyl (C=O) groups excluding carboxylic acids is 2. The van der Waals surface area contributed by atoms with Crippen molar-refractivity contribution in [2.75, 3.05) is 6.54 Å². The minimum atomic E-state index is -0.583. The average molecular weight is 348 g/mol. The van der Waals surface area contributed by atoms with E-state index in [4.69, 9.17) is 5.73 Å². The summed E-state index contributed by atoms with van der Waals surface area (Å²) in [5.41, 5.74) is 6.69. The van der Waals surface area contributed by atoms with Gasteiger partial charge in [-0.1, -0.05) is 13.8 Å². The van der Waals surface area contributed by atoms with Gasteiger partial charge in [0.2, 0.25) is 11.8 Å². The first-order chi connectivity index (χ1) is 8.90. The van der Waals surface area contributed by atoms with E-state index in [0.29, 0.717) is 6.54 Å². The molecule has 1 aromatic heterocycles. The van der Waals surface area contributed by atoms with Gasteiger partial charge in [-0.15, -0.1) is 11.3 Å². The van der Waals surface area contributed by atoms with Gasteiger partial charge in [0.15, 0.2) is 0 Å². The minimum Gasteiger partial charge on any atom is -0.350 e. The zero-order valence-electron chi connectivity index (χ0n) is 10.9. The molecule has 2 amide bonds. The van der Waals surface area contributed by atoms with E-state index in [1.165, 1.54) is 0 Å². The highest BCUT2D eigenvalue weighted by Gasteiger charge is 2.17. The van der Waals surface area contributed by atoms with Gasteiger partial charge in [0.25, 0.3) is 0 Å². The van der Waals surface area contributed by atoms with Gasteiger partial charge in [-0.05, 0) is 38.9 Å². The first-order valence-electron chi connectivity index (χ1n) is 5.93. The van der Waals surface area contributed by atoms with Crippen LogP contribution in [0.5, 0.6) is 0 Å². The molecule has 0 saturated heterocycles. The molecule has 0 spiro atoms. The number of hydrogen-bond acceptors (Lipinski definition) is 4. The fourth-order valence-corrected chi connectivity index (χ4v) is 2.50. The van der Waals surface area contributed by atoms with Crippen LogP contribution in [0, 0.1) is 5.92 Å². The van der Waals surface area contributed by atoms with Crippen LogP contribution in [-0.2, 0) is 16.1 Å². The summed E-state index contributed by atoms with van der Waals surface area (Å²) >= 11 is 4.91. The molecule has 0 aliphatic carbocycles. The van der Waals surface area contributed by atoms with Crippen molar-refractivity contribution in [3.8, 4) is 0 Å². The molecule has 0 aliphatic heterocycles. The third-order valence-electron chi connectivity index (χ3n) is 2.56. The molecular weight excluding hydrogens is 330 g/mol. The van der Waals surface area contributed by atoms with Crippen LogP contribution in [0.4, 0.5) is 0 Å². The number of nitrogens with two attached hydrogens (primary N) is 1. The zero-order chi connectivity index (χ0) is 14.4. The molecule has 5 nitrogen and oxygen atoms in total. The standard InChI is InChI=1S/C12H18BrN3O2S/c1-7(2)11(14)12(18)16-5-10(17)15-4-8-3-9(13)19-6-8/h3,6-7,11H,4-5,14H2,1-2H3,(H,15,17)(H,16,18)/t11-/m0/s1. The molecule has 7 heteroatoms. The van der Waals surface area contributed by atoms with E-state index < -0.39 is 6.04 Å². The highest BCUT2D eigenvalue weighted by atomic mass is 79.9. The van der Waals surface area contributed by atoms with Gasteiger partial charge in [0, 0.05) is 6.54 Å². The normalized spacial score (nSPS) is 12.3. The summed E-state index contributed by atoms with van der Waals surface area (Å²) in [6, 6.07) is 1.36. The summed E-state index contributed by atoms with van der Waals surface area (Å²) in [4.78, 5) is 23.1. The van der Waals surface area contributed by atoms with Crippen LogP contribution in [0.2, 0.25) is 0 Å². The molecular formula is C12H18BrN3O2S. The quantitative estimate of drug-likeness (QED) is 0.723. The maximum Gasteiger partial charge on any atom is 0.239 e. The Morgan fingerprint density at radius 1 is 1.42 bits per heavy atom. The molecule has 106 valence electrons. The summed E-state index contributed by atoms with van der Waals surface area (Å²) in [5.74, 6) is -0.485. The van der Waals surface area contributed by atoms with Gasteiger partial charge < -0.3 is 16.4 Å². The fourth-order valence-electron chi connectivity index (χ4n) is 1.29. The SMILES string of the molecule is CC(C)[C@H](N)C(=O)NCC(=O)NCc1csc(Br)c1. The number of halogens is 1. The lowest BCUT2D eigenvalue weighted by Crippen LogP contribution is -2.47. The van der Waals surface area contributed by atoms with E-state index in [9.17, 15) is 9.59 Å². The Hall–Kier alpha value is -0.920. The Kier molecular flexibility index (Phi) is 6.47. The Labute approximate surface area is 125 Å². The second kappa shape index (κ2) is 7.62. The predicted molar refractivity (Wildman–Crippen MR) is 79.7 cm³/mol. The summed E-state index contributed by atoms with van der Waals surface area (Å²) in [5, 5.41) is 7.21. The van der Waals surface area contributed by atoms with Gasteiger partial charge in [-0.25, -0.2) is 0 Å². The molecule has 1 aromatic rings. The molecule has 4 N–H and O–H groups in total. The smallest absolute Gasteiger partial charge is 0.239 e. The molecule has 0 bridgehead atoms. The number of hydrogen-bond donors (Lipinski definition) is 3. The lowest BCUT2D eigenvalue weighted by atomic mass is 10.1. The highest BCUT2D eigenvalue weighted by Crippen LogP contribution is 2.20. The number of thiophene rings is 1. The first kappa shape index (κ1) is 16.1. The van der Waals surface area contributed by atoms with Crippen molar-refractivity contribution in [1.82, 2.24) is 10.6 Å². The summed E-state index contributed by atoms with van der Waals surface area (Å²) in [7, 11) is 0. The maximum absolute atomic E-state index is 11.5. The first-order valence-corrected chi connectivity index (χ1v) is 7.60. The Morgan fingerprint density at radius 2 is 2.11 bits per heavy atom. The van der Waals surface area contributed by atoms with E-state index in [1.807, 2.05) is 25.3 Å². The summed E-state index contributed by atoms with van der Waals surface area (Å²) in [6.45, 7) is 4.12. The van der Waals surface area contributed by atoms with Crippen molar-refractivity contribution in [2.24, 2.45) is 11.7 Å². The second-order valence-corrected chi connectivity index (χ2v) is 6.81. The van der Waals surface area contributed by atoms with Gasteiger partial charge >= 0.3 is 0 Å². The van der Waals surface area contributed by atoms with Crippen LogP contribution in [0.1, 0.15) is 19.4 Å². The minimum absolute atomic E-state index is 0.0474. The summed E-state index contributed by atoms with van der Waals surface area (Å²) in [6.07, 6.45) is 0. The van der Waals surface area contributed by atoms with Crippen molar-refractivity contribution in [3.63, 3.8) is 0 Å². The second-order valence-electron chi connectivity index (χ2n) is 4.52. The Balaban J connectivity index is 2.26. The third-order valence-corrected chi connectivity index (χ3v) is 4.11. The van der Waals surface area contributed by atoms with Crippen LogP contribution in [-0.4, -0.2) is 24.4 Å². The number of nitrogens with one attached hydrogen (secondary N) is 2. The van der Waals surface area contributed by atoms with Gasteiger partial charge in [-0.3, -0.25) is 9.59 Å². The third kappa shape index (κ3) is 5.71. The zero-order valence-corrected chi connectivity index (χ0v) is 13.3. The molecule has 0 unspecified atom stereocenters. The molecule has 0 aliphatic rings. The van der Waals surface area contributed by atoms with E-state index in [-0.39, 0.29) is 24.3 Å². The monoisotopic (exact) mass is 347 g/mol. The molecule has 1 heterocycles. The van der Waals surface area contributed by atoms with Crippen molar-refractivity contribution >= 4 is 39.1 Å². The van der Waals surface area contributed by atoms with E-state index in [1.54, 1.807) is 11.3 Å². The van der Waals surface area contributed by atoms with Crippen molar-refractivity contribution < 1.29 is 9.59 Å².